The van der Waals surface area contributed by atoms with E-state index in [1.807, 2.05) is 6.07 Å². The summed E-state index contributed by atoms with van der Waals surface area (Å²) in [6.07, 6.45) is 4.92. The van der Waals surface area contributed by atoms with Gasteiger partial charge in [-0.3, -0.25) is 10.1 Å². The Kier molecular flexibility index (Phi) is 4.57. The Morgan fingerprint density at radius 1 is 1.38 bits per heavy atom. The van der Waals surface area contributed by atoms with Crippen LogP contribution in [0.15, 0.2) is 22.7 Å². The number of nitro groups is 1. The SMILES string of the molecule is O=[N+]([O-])c1ccc(Br)cc1CNC1CCN2CCCC2C1. The minimum atomic E-state index is -0.303. The van der Waals surface area contributed by atoms with Crippen LogP contribution in [0.4, 0.5) is 5.69 Å². The molecule has 2 aliphatic rings. The molecular weight excluding hydrogens is 334 g/mol. The fourth-order valence-corrected chi connectivity index (χ4v) is 3.95. The van der Waals surface area contributed by atoms with E-state index in [1.54, 1.807) is 12.1 Å². The van der Waals surface area contributed by atoms with Crippen LogP contribution in [-0.4, -0.2) is 35.0 Å². The van der Waals surface area contributed by atoms with Crippen molar-refractivity contribution in [1.82, 2.24) is 10.2 Å². The minimum Gasteiger partial charge on any atom is -0.310 e. The quantitative estimate of drug-likeness (QED) is 0.667. The fourth-order valence-electron chi connectivity index (χ4n) is 3.54. The van der Waals surface area contributed by atoms with Crippen molar-refractivity contribution in [2.45, 2.75) is 44.3 Å². The van der Waals surface area contributed by atoms with Gasteiger partial charge >= 0.3 is 0 Å². The maximum Gasteiger partial charge on any atom is 0.273 e. The van der Waals surface area contributed by atoms with Gasteiger partial charge < -0.3 is 10.2 Å². The first-order valence-electron chi connectivity index (χ1n) is 7.54. The van der Waals surface area contributed by atoms with E-state index in [1.165, 1.54) is 25.8 Å². The summed E-state index contributed by atoms with van der Waals surface area (Å²) in [4.78, 5) is 13.4. The van der Waals surface area contributed by atoms with Crippen molar-refractivity contribution in [2.75, 3.05) is 13.1 Å². The minimum absolute atomic E-state index is 0.198. The molecule has 0 bridgehead atoms. The molecule has 1 N–H and O–H groups in total. The molecule has 3 rings (SSSR count). The predicted octanol–water partition coefficient (Wildman–Crippen LogP) is 3.07. The first-order valence-corrected chi connectivity index (χ1v) is 8.33. The molecule has 1 aromatic carbocycles. The Labute approximate surface area is 133 Å². The van der Waals surface area contributed by atoms with Crippen LogP contribution in [0.2, 0.25) is 0 Å². The van der Waals surface area contributed by atoms with Crippen LogP contribution in [0, 0.1) is 10.1 Å². The van der Waals surface area contributed by atoms with Crippen molar-refractivity contribution in [3.8, 4) is 0 Å². The third-order valence-corrected chi connectivity index (χ3v) is 5.13. The lowest BCUT2D eigenvalue weighted by atomic mass is 9.97. The van der Waals surface area contributed by atoms with Gasteiger partial charge in [0, 0.05) is 34.7 Å². The second-order valence-corrected chi connectivity index (χ2v) is 6.88. The monoisotopic (exact) mass is 353 g/mol. The van der Waals surface area contributed by atoms with E-state index in [2.05, 4.69) is 26.1 Å². The summed E-state index contributed by atoms with van der Waals surface area (Å²) in [5, 5.41) is 14.6. The van der Waals surface area contributed by atoms with Crippen molar-refractivity contribution in [3.05, 3.63) is 38.3 Å². The van der Waals surface area contributed by atoms with Gasteiger partial charge in [0.2, 0.25) is 0 Å². The Balaban J connectivity index is 1.62. The van der Waals surface area contributed by atoms with Gasteiger partial charge in [-0.1, -0.05) is 15.9 Å². The molecule has 21 heavy (non-hydrogen) atoms. The lowest BCUT2D eigenvalue weighted by Gasteiger charge is -2.35. The number of piperidine rings is 1. The van der Waals surface area contributed by atoms with E-state index >= 15 is 0 Å². The molecule has 1 aromatic rings. The Morgan fingerprint density at radius 2 is 2.24 bits per heavy atom. The molecule has 0 amide bonds. The van der Waals surface area contributed by atoms with E-state index in [4.69, 9.17) is 0 Å². The summed E-state index contributed by atoms with van der Waals surface area (Å²) < 4.78 is 0.885. The smallest absolute Gasteiger partial charge is 0.273 e. The molecule has 2 heterocycles. The van der Waals surface area contributed by atoms with E-state index in [0.717, 1.165) is 23.0 Å². The predicted molar refractivity (Wildman–Crippen MR) is 85.3 cm³/mol. The highest BCUT2D eigenvalue weighted by Crippen LogP contribution is 2.28. The first kappa shape index (κ1) is 14.9. The zero-order valence-electron chi connectivity index (χ0n) is 11.9. The normalized spacial score (nSPS) is 25.8. The van der Waals surface area contributed by atoms with Gasteiger partial charge in [0.15, 0.2) is 0 Å². The van der Waals surface area contributed by atoms with Gasteiger partial charge in [-0.05, 0) is 50.9 Å². The van der Waals surface area contributed by atoms with Crippen molar-refractivity contribution < 1.29 is 4.92 Å². The third-order valence-electron chi connectivity index (χ3n) is 4.64. The van der Waals surface area contributed by atoms with Crippen LogP contribution < -0.4 is 5.32 Å². The highest BCUT2D eigenvalue weighted by atomic mass is 79.9. The number of benzene rings is 1. The van der Waals surface area contributed by atoms with Crippen LogP contribution >= 0.6 is 15.9 Å². The van der Waals surface area contributed by atoms with E-state index in [-0.39, 0.29) is 10.6 Å². The largest absolute Gasteiger partial charge is 0.310 e. The molecule has 0 radical (unpaired) electrons. The standard InChI is InChI=1S/C15H20BrN3O2/c16-12-3-4-15(19(20)21)11(8-12)10-17-13-5-7-18-6-1-2-14(18)9-13/h3-4,8,13-14,17H,1-2,5-7,9-10H2. The fraction of sp³-hybridized carbons (Fsp3) is 0.600. The van der Waals surface area contributed by atoms with Gasteiger partial charge in [-0.15, -0.1) is 0 Å². The molecule has 114 valence electrons. The zero-order valence-corrected chi connectivity index (χ0v) is 13.5. The maximum absolute atomic E-state index is 11.1. The lowest BCUT2D eigenvalue weighted by Crippen LogP contribution is -2.45. The number of hydrogen-bond acceptors (Lipinski definition) is 4. The van der Waals surface area contributed by atoms with Crippen molar-refractivity contribution >= 4 is 21.6 Å². The molecule has 2 atom stereocenters. The van der Waals surface area contributed by atoms with Gasteiger partial charge in [-0.25, -0.2) is 0 Å². The van der Waals surface area contributed by atoms with Crippen LogP contribution in [-0.2, 0) is 6.54 Å². The Bertz CT molecular complexity index is 538. The molecule has 0 spiro atoms. The molecule has 5 nitrogen and oxygen atoms in total. The van der Waals surface area contributed by atoms with Crippen molar-refractivity contribution in [2.24, 2.45) is 0 Å². The molecule has 2 fully saturated rings. The number of nitrogens with one attached hydrogen (secondary N) is 1. The van der Waals surface area contributed by atoms with Crippen LogP contribution in [0.3, 0.4) is 0 Å². The number of hydrogen-bond donors (Lipinski definition) is 1. The van der Waals surface area contributed by atoms with Crippen LogP contribution in [0.5, 0.6) is 0 Å². The topological polar surface area (TPSA) is 58.4 Å². The number of rotatable bonds is 4. The zero-order chi connectivity index (χ0) is 14.8. The molecule has 2 aliphatic heterocycles. The average molecular weight is 354 g/mol. The second kappa shape index (κ2) is 6.42. The number of nitro benzene ring substituents is 1. The van der Waals surface area contributed by atoms with Gasteiger partial charge in [0.25, 0.3) is 5.69 Å². The van der Waals surface area contributed by atoms with E-state index < -0.39 is 0 Å². The van der Waals surface area contributed by atoms with Gasteiger partial charge in [0.1, 0.15) is 0 Å². The molecule has 2 saturated heterocycles. The van der Waals surface area contributed by atoms with Gasteiger partial charge in [0.05, 0.1) is 4.92 Å². The summed E-state index contributed by atoms with van der Waals surface area (Å²) in [6.45, 7) is 2.96. The lowest BCUT2D eigenvalue weighted by molar-refractivity contribution is -0.385. The second-order valence-electron chi connectivity index (χ2n) is 5.96. The van der Waals surface area contributed by atoms with Gasteiger partial charge in [-0.2, -0.15) is 0 Å². The summed E-state index contributed by atoms with van der Waals surface area (Å²) in [7, 11) is 0. The molecule has 2 unspecified atom stereocenters. The molecule has 0 aliphatic carbocycles. The van der Waals surface area contributed by atoms with Crippen molar-refractivity contribution in [1.29, 1.82) is 0 Å². The molecule has 0 aromatic heterocycles. The maximum atomic E-state index is 11.1. The van der Waals surface area contributed by atoms with E-state index in [0.29, 0.717) is 18.6 Å². The Morgan fingerprint density at radius 3 is 3.05 bits per heavy atom. The molecule has 0 saturated carbocycles. The summed E-state index contributed by atoms with van der Waals surface area (Å²) in [5.41, 5.74) is 0.951. The summed E-state index contributed by atoms with van der Waals surface area (Å²) in [5.74, 6) is 0. The Hall–Kier alpha value is -0.980. The van der Waals surface area contributed by atoms with Crippen LogP contribution in [0.25, 0.3) is 0 Å². The average Bonchev–Trinajstić information content (AvgIpc) is 2.92. The number of fused-ring (bicyclic) bond motifs is 1. The first-order chi connectivity index (χ1) is 10.1. The summed E-state index contributed by atoms with van der Waals surface area (Å²) in [6, 6.07) is 6.33. The van der Waals surface area contributed by atoms with E-state index in [9.17, 15) is 10.1 Å². The van der Waals surface area contributed by atoms with Crippen molar-refractivity contribution in [3.63, 3.8) is 0 Å². The number of nitrogens with zero attached hydrogens (tertiary/aromatic N) is 2. The highest BCUT2D eigenvalue weighted by molar-refractivity contribution is 9.10. The van der Waals surface area contributed by atoms with Crippen LogP contribution in [0.1, 0.15) is 31.2 Å². The summed E-state index contributed by atoms with van der Waals surface area (Å²) >= 11 is 3.39. The molecular formula is C15H20BrN3O2. The highest BCUT2D eigenvalue weighted by Gasteiger charge is 2.31. The third kappa shape index (κ3) is 3.44. The molecule has 6 heteroatoms. The number of halogens is 1.